The zero-order valence-electron chi connectivity index (χ0n) is 10.9. The quantitative estimate of drug-likeness (QED) is 0.780. The Bertz CT molecular complexity index is 668. The van der Waals surface area contributed by atoms with Gasteiger partial charge in [0, 0.05) is 17.1 Å². The van der Waals surface area contributed by atoms with Crippen molar-refractivity contribution in [1.29, 1.82) is 0 Å². The molecule has 7 heteroatoms. The highest BCUT2D eigenvalue weighted by atomic mass is 35.5. The Morgan fingerprint density at radius 1 is 1.33 bits per heavy atom. The van der Waals surface area contributed by atoms with Gasteiger partial charge in [-0.25, -0.2) is 0 Å². The SMILES string of the molecule is N[C@H](CNC(=O)c1ccc(-c2cccc(Cl)c2)o1)C(=O)O. The Balaban J connectivity index is 2.06. The van der Waals surface area contributed by atoms with Crippen molar-refractivity contribution in [2.24, 2.45) is 5.73 Å². The second-order valence-electron chi connectivity index (χ2n) is 4.33. The van der Waals surface area contributed by atoms with Gasteiger partial charge in [-0.1, -0.05) is 23.7 Å². The van der Waals surface area contributed by atoms with Gasteiger partial charge in [-0.3, -0.25) is 9.59 Å². The van der Waals surface area contributed by atoms with Crippen molar-refractivity contribution in [1.82, 2.24) is 5.32 Å². The Kier molecular flexibility index (Phi) is 4.62. The van der Waals surface area contributed by atoms with Gasteiger partial charge < -0.3 is 20.6 Å². The summed E-state index contributed by atoms with van der Waals surface area (Å²) in [5.41, 5.74) is 6.04. The number of nitrogens with one attached hydrogen (secondary N) is 1. The predicted molar refractivity (Wildman–Crippen MR) is 77.1 cm³/mol. The third-order valence-corrected chi connectivity index (χ3v) is 2.97. The molecule has 21 heavy (non-hydrogen) atoms. The first-order valence-corrected chi connectivity index (χ1v) is 6.47. The first-order chi connectivity index (χ1) is 9.97. The van der Waals surface area contributed by atoms with Crippen LogP contribution >= 0.6 is 11.6 Å². The fraction of sp³-hybridized carbons (Fsp3) is 0.143. The number of halogens is 1. The van der Waals surface area contributed by atoms with Crippen molar-refractivity contribution in [3.63, 3.8) is 0 Å². The van der Waals surface area contributed by atoms with E-state index in [0.29, 0.717) is 10.8 Å². The van der Waals surface area contributed by atoms with Crippen LogP contribution < -0.4 is 11.1 Å². The molecule has 0 unspecified atom stereocenters. The van der Waals surface area contributed by atoms with Crippen LogP contribution in [0.2, 0.25) is 5.02 Å². The Hall–Kier alpha value is -2.31. The van der Waals surface area contributed by atoms with Crippen LogP contribution in [-0.4, -0.2) is 29.6 Å². The highest BCUT2D eigenvalue weighted by molar-refractivity contribution is 6.30. The van der Waals surface area contributed by atoms with Crippen molar-refractivity contribution in [3.8, 4) is 11.3 Å². The van der Waals surface area contributed by atoms with Crippen molar-refractivity contribution in [2.75, 3.05) is 6.54 Å². The number of carbonyl (C=O) groups is 2. The molecule has 0 bridgehead atoms. The molecule has 6 nitrogen and oxygen atoms in total. The van der Waals surface area contributed by atoms with Gasteiger partial charge in [-0.2, -0.15) is 0 Å². The maximum atomic E-state index is 11.8. The normalized spacial score (nSPS) is 11.9. The fourth-order valence-corrected chi connectivity index (χ4v) is 1.82. The number of amides is 1. The van der Waals surface area contributed by atoms with E-state index >= 15 is 0 Å². The second kappa shape index (κ2) is 6.43. The third-order valence-electron chi connectivity index (χ3n) is 2.74. The third kappa shape index (κ3) is 3.84. The van der Waals surface area contributed by atoms with Crippen molar-refractivity contribution >= 4 is 23.5 Å². The maximum Gasteiger partial charge on any atom is 0.322 e. The first-order valence-electron chi connectivity index (χ1n) is 6.09. The number of carbonyl (C=O) groups excluding carboxylic acids is 1. The summed E-state index contributed by atoms with van der Waals surface area (Å²) in [6.07, 6.45) is 0. The summed E-state index contributed by atoms with van der Waals surface area (Å²) in [6, 6.07) is 8.99. The minimum atomic E-state index is -1.19. The molecule has 110 valence electrons. The summed E-state index contributed by atoms with van der Waals surface area (Å²) < 4.78 is 5.42. The van der Waals surface area contributed by atoms with E-state index in [1.165, 1.54) is 6.07 Å². The van der Waals surface area contributed by atoms with E-state index in [0.717, 1.165) is 5.56 Å². The molecule has 1 heterocycles. The van der Waals surface area contributed by atoms with Crippen LogP contribution in [-0.2, 0) is 4.79 Å². The summed E-state index contributed by atoms with van der Waals surface area (Å²) in [5.74, 6) is -1.15. The van der Waals surface area contributed by atoms with Crippen LogP contribution in [0.25, 0.3) is 11.3 Å². The minimum absolute atomic E-state index is 0.0718. The van der Waals surface area contributed by atoms with Gasteiger partial charge in [-0.15, -0.1) is 0 Å². The molecule has 1 aromatic heterocycles. The number of aliphatic carboxylic acids is 1. The highest BCUT2D eigenvalue weighted by Gasteiger charge is 2.16. The molecule has 1 aromatic carbocycles. The molecule has 0 saturated carbocycles. The van der Waals surface area contributed by atoms with E-state index in [2.05, 4.69) is 5.32 Å². The van der Waals surface area contributed by atoms with Crippen LogP contribution in [0.4, 0.5) is 0 Å². The number of carboxylic acid groups (broad SMARTS) is 1. The lowest BCUT2D eigenvalue weighted by atomic mass is 10.2. The molecular formula is C14H13ClN2O4. The Morgan fingerprint density at radius 3 is 2.76 bits per heavy atom. The average molecular weight is 309 g/mol. The van der Waals surface area contributed by atoms with Gasteiger partial charge in [0.1, 0.15) is 11.8 Å². The van der Waals surface area contributed by atoms with Gasteiger partial charge in [0.05, 0.1) is 0 Å². The van der Waals surface area contributed by atoms with Crippen molar-refractivity contribution in [2.45, 2.75) is 6.04 Å². The smallest absolute Gasteiger partial charge is 0.322 e. The molecule has 0 aliphatic heterocycles. The molecule has 1 atom stereocenters. The molecule has 0 spiro atoms. The average Bonchev–Trinajstić information content (AvgIpc) is 2.94. The lowest BCUT2D eigenvalue weighted by Gasteiger charge is -2.06. The van der Waals surface area contributed by atoms with Crippen LogP contribution in [0, 0.1) is 0 Å². The molecule has 0 aliphatic rings. The summed E-state index contributed by atoms with van der Waals surface area (Å²) >= 11 is 5.89. The highest BCUT2D eigenvalue weighted by Crippen LogP contribution is 2.24. The minimum Gasteiger partial charge on any atom is -0.480 e. The molecule has 0 aliphatic carbocycles. The molecule has 0 radical (unpaired) electrons. The Morgan fingerprint density at radius 2 is 2.10 bits per heavy atom. The summed E-state index contributed by atoms with van der Waals surface area (Å²) in [5, 5.41) is 11.6. The first kappa shape index (κ1) is 15.1. The van der Waals surface area contributed by atoms with E-state index in [-0.39, 0.29) is 12.3 Å². The molecule has 0 saturated heterocycles. The van der Waals surface area contributed by atoms with Gasteiger partial charge in [-0.05, 0) is 24.3 Å². The molecule has 2 aromatic rings. The van der Waals surface area contributed by atoms with Gasteiger partial charge in [0.2, 0.25) is 0 Å². The molecule has 1 amide bonds. The maximum absolute atomic E-state index is 11.8. The molecule has 0 fully saturated rings. The lowest BCUT2D eigenvalue weighted by Crippen LogP contribution is -2.42. The van der Waals surface area contributed by atoms with Crippen LogP contribution in [0.5, 0.6) is 0 Å². The fourth-order valence-electron chi connectivity index (χ4n) is 1.63. The van der Waals surface area contributed by atoms with E-state index in [1.54, 1.807) is 30.3 Å². The number of rotatable bonds is 5. The van der Waals surface area contributed by atoms with Crippen molar-refractivity contribution in [3.05, 3.63) is 47.2 Å². The van der Waals surface area contributed by atoms with Gasteiger partial charge in [0.25, 0.3) is 5.91 Å². The van der Waals surface area contributed by atoms with Crippen LogP contribution in [0.15, 0.2) is 40.8 Å². The summed E-state index contributed by atoms with van der Waals surface area (Å²) in [6.45, 7) is -0.179. The largest absolute Gasteiger partial charge is 0.480 e. The van der Waals surface area contributed by atoms with Gasteiger partial charge >= 0.3 is 5.97 Å². The molecule has 2 rings (SSSR count). The number of hydrogen-bond donors (Lipinski definition) is 3. The van der Waals surface area contributed by atoms with Gasteiger partial charge in [0.15, 0.2) is 5.76 Å². The zero-order valence-corrected chi connectivity index (χ0v) is 11.6. The second-order valence-corrected chi connectivity index (χ2v) is 4.77. The van der Waals surface area contributed by atoms with Crippen LogP contribution in [0.1, 0.15) is 10.6 Å². The number of benzene rings is 1. The number of furan rings is 1. The van der Waals surface area contributed by atoms with E-state index in [1.807, 2.05) is 0 Å². The zero-order chi connectivity index (χ0) is 15.4. The number of nitrogens with two attached hydrogens (primary N) is 1. The lowest BCUT2D eigenvalue weighted by molar-refractivity contribution is -0.138. The summed E-state index contributed by atoms with van der Waals surface area (Å²) in [7, 11) is 0. The molecular weight excluding hydrogens is 296 g/mol. The topological polar surface area (TPSA) is 106 Å². The van der Waals surface area contributed by atoms with E-state index in [9.17, 15) is 9.59 Å². The van der Waals surface area contributed by atoms with E-state index in [4.69, 9.17) is 26.9 Å². The van der Waals surface area contributed by atoms with E-state index < -0.39 is 17.9 Å². The van der Waals surface area contributed by atoms with Crippen LogP contribution in [0.3, 0.4) is 0 Å². The number of hydrogen-bond acceptors (Lipinski definition) is 4. The summed E-state index contributed by atoms with van der Waals surface area (Å²) in [4.78, 5) is 22.4. The monoisotopic (exact) mass is 308 g/mol. The number of carboxylic acids is 1. The predicted octanol–water partition coefficient (Wildman–Crippen LogP) is 1.74. The standard InChI is InChI=1S/C14H13ClN2O4/c15-9-3-1-2-8(6-9)11-4-5-12(21-11)13(18)17-7-10(16)14(19)20/h1-6,10H,7,16H2,(H,17,18)(H,19,20)/t10-/m1/s1. The van der Waals surface area contributed by atoms with Crippen molar-refractivity contribution < 1.29 is 19.1 Å². The molecule has 4 N–H and O–H groups in total. The Labute approximate surface area is 125 Å².